The van der Waals surface area contributed by atoms with Gasteiger partial charge in [0.25, 0.3) is 0 Å². The van der Waals surface area contributed by atoms with Crippen LogP contribution in [0.3, 0.4) is 0 Å². The topological polar surface area (TPSA) is 149 Å². The van der Waals surface area contributed by atoms with Gasteiger partial charge in [-0.3, -0.25) is 4.79 Å². The molecule has 0 bridgehead atoms. The first-order valence-electron chi connectivity index (χ1n) is 22.7. The van der Waals surface area contributed by atoms with Gasteiger partial charge in [-0.05, 0) is 99.1 Å². The minimum atomic E-state index is -1.35. The number of thioether (sulfide) groups is 1. The molecule has 334 valence electrons. The Morgan fingerprint density at radius 2 is 1.79 bits per heavy atom. The lowest BCUT2D eigenvalue weighted by Crippen LogP contribution is -2.70. The van der Waals surface area contributed by atoms with E-state index in [1.165, 1.54) is 4.90 Å². The van der Waals surface area contributed by atoms with Crippen molar-refractivity contribution >= 4 is 23.4 Å². The Hall–Kier alpha value is -3.43. The first-order valence-corrected chi connectivity index (χ1v) is 23.7. The molecule has 2 heterocycles. The summed E-state index contributed by atoms with van der Waals surface area (Å²) in [6.07, 6.45) is 13.0. The summed E-state index contributed by atoms with van der Waals surface area (Å²) in [5.74, 6) is 0.440. The van der Waals surface area contributed by atoms with Crippen molar-refractivity contribution in [2.75, 3.05) is 65.2 Å². The summed E-state index contributed by atoms with van der Waals surface area (Å²) < 4.78 is 32.8. The zero-order chi connectivity index (χ0) is 42.4. The molecule has 0 radical (unpaired) electrons. The SMILES string of the molecule is C=CCOC12Oc3ccc(OCCSc4ccccc4)cc3C3C(CCCCO)C(CCCCO)C=C(C(=NOC4CCCCO4)CC1N(CCOCCO)C(=O)C1CC1)C32. The van der Waals surface area contributed by atoms with Crippen molar-refractivity contribution in [2.45, 2.75) is 106 Å². The summed E-state index contributed by atoms with van der Waals surface area (Å²) in [4.78, 5) is 24.0. The maximum absolute atomic E-state index is 14.6. The Morgan fingerprint density at radius 1 is 0.967 bits per heavy atom. The number of allylic oxidation sites excluding steroid dienone is 1. The van der Waals surface area contributed by atoms with Crippen molar-refractivity contribution in [1.82, 2.24) is 4.90 Å². The number of carbonyl (C=O) groups is 1. The van der Waals surface area contributed by atoms with Crippen LogP contribution in [0.25, 0.3) is 0 Å². The first kappa shape index (κ1) is 45.6. The van der Waals surface area contributed by atoms with Crippen molar-refractivity contribution in [1.29, 1.82) is 0 Å². The van der Waals surface area contributed by atoms with Gasteiger partial charge in [-0.2, -0.15) is 0 Å². The Balaban J connectivity index is 1.36. The first-order chi connectivity index (χ1) is 30.0. The second kappa shape index (κ2) is 22.8. The lowest BCUT2D eigenvalue weighted by molar-refractivity contribution is -0.258. The zero-order valence-corrected chi connectivity index (χ0v) is 36.4. The Labute approximate surface area is 365 Å². The number of oxime groups is 1. The van der Waals surface area contributed by atoms with Gasteiger partial charge in [0.05, 0.1) is 51.3 Å². The molecule has 7 atom stereocenters. The Morgan fingerprint density at radius 3 is 2.52 bits per heavy atom. The molecule has 3 aliphatic carbocycles. The van der Waals surface area contributed by atoms with Crippen LogP contribution in [0, 0.1) is 23.7 Å². The maximum Gasteiger partial charge on any atom is 0.239 e. The molecule has 7 unspecified atom stereocenters. The van der Waals surface area contributed by atoms with Gasteiger partial charge in [-0.25, -0.2) is 0 Å². The van der Waals surface area contributed by atoms with Crippen LogP contribution in [0.2, 0.25) is 0 Å². The molecular weight excluding hydrogens is 797 g/mol. The molecule has 2 aliphatic heterocycles. The van der Waals surface area contributed by atoms with Crippen molar-refractivity contribution < 1.29 is 48.6 Å². The highest BCUT2D eigenvalue weighted by Gasteiger charge is 2.66. The largest absolute Gasteiger partial charge is 0.493 e. The predicted octanol–water partition coefficient (Wildman–Crippen LogP) is 7.27. The number of amides is 1. The third-order valence-corrected chi connectivity index (χ3v) is 13.7. The van der Waals surface area contributed by atoms with E-state index in [4.69, 9.17) is 33.7 Å². The van der Waals surface area contributed by atoms with E-state index in [9.17, 15) is 20.1 Å². The van der Waals surface area contributed by atoms with Crippen LogP contribution in [-0.2, 0) is 23.8 Å². The minimum absolute atomic E-state index is 0.0303. The molecule has 13 heteroatoms. The highest BCUT2D eigenvalue weighted by Crippen LogP contribution is 2.62. The van der Waals surface area contributed by atoms with Gasteiger partial charge < -0.3 is 48.7 Å². The van der Waals surface area contributed by atoms with E-state index in [0.717, 1.165) is 86.1 Å². The number of aliphatic hydroxyl groups is 3. The number of rotatable bonds is 25. The van der Waals surface area contributed by atoms with Gasteiger partial charge in [-0.15, -0.1) is 18.3 Å². The quantitative estimate of drug-likeness (QED) is 0.0401. The number of hydrogen-bond acceptors (Lipinski definition) is 12. The molecule has 1 amide bonds. The number of unbranched alkanes of at least 4 members (excludes halogenated alkanes) is 2. The molecule has 2 aromatic carbocycles. The van der Waals surface area contributed by atoms with Crippen LogP contribution in [-0.4, -0.2) is 115 Å². The van der Waals surface area contributed by atoms with Crippen molar-refractivity contribution in [3.8, 4) is 11.5 Å². The van der Waals surface area contributed by atoms with Gasteiger partial charge in [0.15, 0.2) is 0 Å². The van der Waals surface area contributed by atoms with Crippen LogP contribution in [0.15, 0.2) is 82.9 Å². The van der Waals surface area contributed by atoms with Crippen LogP contribution in [0.5, 0.6) is 11.5 Å². The van der Waals surface area contributed by atoms with Crippen molar-refractivity contribution in [2.24, 2.45) is 28.8 Å². The molecule has 0 spiro atoms. The zero-order valence-electron chi connectivity index (χ0n) is 35.6. The number of carbonyl (C=O) groups excluding carboxylic acids is 1. The van der Waals surface area contributed by atoms with E-state index in [0.29, 0.717) is 38.2 Å². The number of benzene rings is 2. The normalized spacial score (nSPS) is 27.3. The highest BCUT2D eigenvalue weighted by molar-refractivity contribution is 7.99. The Kier molecular flexibility index (Phi) is 17.0. The molecule has 61 heavy (non-hydrogen) atoms. The summed E-state index contributed by atoms with van der Waals surface area (Å²) >= 11 is 1.75. The average Bonchev–Trinajstić information content (AvgIpc) is 4.15. The van der Waals surface area contributed by atoms with Crippen LogP contribution >= 0.6 is 11.8 Å². The molecule has 0 aromatic heterocycles. The monoisotopic (exact) mass is 862 g/mol. The van der Waals surface area contributed by atoms with E-state index >= 15 is 0 Å². The molecule has 2 saturated carbocycles. The van der Waals surface area contributed by atoms with E-state index in [2.05, 4.69) is 30.9 Å². The van der Waals surface area contributed by atoms with Gasteiger partial charge in [-0.1, -0.05) is 48.3 Å². The van der Waals surface area contributed by atoms with Crippen molar-refractivity contribution in [3.05, 3.63) is 78.4 Å². The van der Waals surface area contributed by atoms with Gasteiger partial charge in [0.2, 0.25) is 18.0 Å². The smallest absolute Gasteiger partial charge is 0.239 e. The molecule has 2 aromatic rings. The second-order valence-corrected chi connectivity index (χ2v) is 18.0. The fraction of sp³-hybridized carbons (Fsp3) is 0.625. The molecule has 7 rings (SSSR count). The number of hydrogen-bond donors (Lipinski definition) is 3. The number of ether oxygens (including phenoxy) is 5. The molecular formula is C48H66N2O10S. The van der Waals surface area contributed by atoms with E-state index in [1.807, 2.05) is 35.2 Å². The minimum Gasteiger partial charge on any atom is -0.493 e. The average molecular weight is 863 g/mol. The van der Waals surface area contributed by atoms with Gasteiger partial charge >= 0.3 is 0 Å². The Bertz CT molecular complexity index is 1770. The molecule has 1 saturated heterocycles. The van der Waals surface area contributed by atoms with E-state index in [1.54, 1.807) is 17.8 Å². The second-order valence-electron chi connectivity index (χ2n) is 16.8. The fourth-order valence-electron chi connectivity index (χ4n) is 9.80. The number of fused-ring (bicyclic) bond motifs is 2. The number of nitrogens with zero attached hydrogens (tertiary/aromatic N) is 2. The lowest BCUT2D eigenvalue weighted by atomic mass is 9.55. The van der Waals surface area contributed by atoms with Crippen molar-refractivity contribution in [3.63, 3.8) is 0 Å². The summed E-state index contributed by atoms with van der Waals surface area (Å²) in [5, 5.41) is 34.4. The summed E-state index contributed by atoms with van der Waals surface area (Å²) in [6, 6.07) is 15.8. The summed E-state index contributed by atoms with van der Waals surface area (Å²) in [5.41, 5.74) is 2.75. The third-order valence-electron chi connectivity index (χ3n) is 12.7. The molecule has 5 aliphatic rings. The molecule has 3 N–H and O–H groups in total. The van der Waals surface area contributed by atoms with Crippen LogP contribution < -0.4 is 9.47 Å². The third kappa shape index (κ3) is 11.2. The van der Waals surface area contributed by atoms with Gasteiger partial charge in [0.1, 0.15) is 17.5 Å². The number of aliphatic hydroxyl groups excluding tert-OH is 3. The van der Waals surface area contributed by atoms with Crippen LogP contribution in [0.4, 0.5) is 0 Å². The standard InChI is InChI=1S/C48H66N2O10S/c1-2-25-58-48-43(50(21-27-55-28-24-53)47(54)34-17-18-34)33-41(49-60-44-16-8-11-26-57-44)39-31-35(12-6-9-22-51)38(15-7-10-23-52)45(46(39)48)40-32-36(19-20-42(40)59-48)56-29-30-61-37-13-4-3-5-14-37/h2-5,13-14,19-20,31-32,34-35,38,43-46,51-53H,1,6-12,15-18,21-30,33H2. The molecule has 3 fully saturated rings. The maximum atomic E-state index is 14.6. The summed E-state index contributed by atoms with van der Waals surface area (Å²) in [6.45, 7) is 6.17. The highest BCUT2D eigenvalue weighted by atomic mass is 32.2. The van der Waals surface area contributed by atoms with Gasteiger partial charge in [0, 0.05) is 60.6 Å². The van der Waals surface area contributed by atoms with E-state index in [-0.39, 0.29) is 75.8 Å². The van der Waals surface area contributed by atoms with Crippen LogP contribution in [0.1, 0.15) is 88.5 Å². The van der Waals surface area contributed by atoms with E-state index < -0.39 is 24.0 Å². The summed E-state index contributed by atoms with van der Waals surface area (Å²) in [7, 11) is 0. The lowest BCUT2D eigenvalue weighted by Gasteiger charge is -2.60. The predicted molar refractivity (Wildman–Crippen MR) is 235 cm³/mol. The fourth-order valence-corrected chi connectivity index (χ4v) is 10.6. The molecule has 12 nitrogen and oxygen atoms in total.